The third-order valence-electron chi connectivity index (χ3n) is 5.88. The van der Waals surface area contributed by atoms with Crippen LogP contribution in [0.3, 0.4) is 0 Å². The molecule has 0 aliphatic heterocycles. The summed E-state index contributed by atoms with van der Waals surface area (Å²) in [6.07, 6.45) is 3.61. The van der Waals surface area contributed by atoms with E-state index in [1.54, 1.807) is 74.7 Å². The Kier molecular flexibility index (Phi) is 7.99. The molecule has 4 N–H and O–H groups in total. The average molecular weight is 542 g/mol. The fourth-order valence-electron chi connectivity index (χ4n) is 4.02. The Bertz CT molecular complexity index is 1570. The lowest BCUT2D eigenvalue weighted by atomic mass is 10.1. The minimum Gasteiger partial charge on any atom is -0.462 e. The standard InChI is InChI=1S/C30H31N5O5/c1-5-39-28(37)20-12-8-18(9-13-20)23-17-35-16-6-7-22(26(35)33-23)24(25(31)32)34-27(36)19-10-14-21(15-11-19)29(38)40-30(2,3)4/h6-17,24H,5H2,1-4H3,(H3,31,32)(H,34,36). The predicted molar refractivity (Wildman–Crippen MR) is 150 cm³/mol. The van der Waals surface area contributed by atoms with E-state index in [-0.39, 0.29) is 11.4 Å². The van der Waals surface area contributed by atoms with Crippen LogP contribution in [0.1, 0.15) is 70.4 Å². The number of aromatic nitrogens is 2. The molecule has 1 atom stereocenters. The zero-order valence-corrected chi connectivity index (χ0v) is 22.7. The lowest BCUT2D eigenvalue weighted by Gasteiger charge is -2.20. The van der Waals surface area contributed by atoms with Crippen molar-refractivity contribution >= 4 is 29.3 Å². The third-order valence-corrected chi connectivity index (χ3v) is 5.88. The van der Waals surface area contributed by atoms with Gasteiger partial charge in [-0.1, -0.05) is 18.2 Å². The van der Waals surface area contributed by atoms with Gasteiger partial charge in [0, 0.05) is 29.1 Å². The van der Waals surface area contributed by atoms with Crippen molar-refractivity contribution in [1.29, 1.82) is 5.41 Å². The van der Waals surface area contributed by atoms with Crippen LogP contribution in [0.2, 0.25) is 0 Å². The first-order valence-corrected chi connectivity index (χ1v) is 12.7. The molecule has 10 nitrogen and oxygen atoms in total. The van der Waals surface area contributed by atoms with Gasteiger partial charge in [-0.15, -0.1) is 0 Å². The molecule has 0 fully saturated rings. The van der Waals surface area contributed by atoms with Gasteiger partial charge in [0.05, 0.1) is 23.4 Å². The fraction of sp³-hybridized carbons (Fsp3) is 0.233. The Morgan fingerprint density at radius 2 is 1.57 bits per heavy atom. The van der Waals surface area contributed by atoms with E-state index in [1.165, 1.54) is 24.3 Å². The van der Waals surface area contributed by atoms with Crippen LogP contribution in [0.15, 0.2) is 73.1 Å². The summed E-state index contributed by atoms with van der Waals surface area (Å²) in [5.41, 5.74) is 8.78. The largest absolute Gasteiger partial charge is 0.462 e. The van der Waals surface area contributed by atoms with Crippen LogP contribution in [-0.4, -0.2) is 45.3 Å². The number of fused-ring (bicyclic) bond motifs is 1. The van der Waals surface area contributed by atoms with Gasteiger partial charge in [0.25, 0.3) is 5.91 Å². The fourth-order valence-corrected chi connectivity index (χ4v) is 4.02. The van der Waals surface area contributed by atoms with E-state index in [1.807, 2.05) is 6.20 Å². The van der Waals surface area contributed by atoms with E-state index in [0.717, 1.165) is 5.56 Å². The Hall–Kier alpha value is -4.99. The highest BCUT2D eigenvalue weighted by molar-refractivity contribution is 5.99. The number of nitrogens with two attached hydrogens (primary N) is 1. The summed E-state index contributed by atoms with van der Waals surface area (Å²) in [5, 5.41) is 11.0. The number of pyridine rings is 1. The predicted octanol–water partition coefficient (Wildman–Crippen LogP) is 4.54. The quantitative estimate of drug-likeness (QED) is 0.168. The molecule has 0 radical (unpaired) electrons. The van der Waals surface area contributed by atoms with Crippen LogP contribution in [0.4, 0.5) is 0 Å². The Labute approximate surface area is 231 Å². The zero-order chi connectivity index (χ0) is 29.0. The second-order valence-corrected chi connectivity index (χ2v) is 10.1. The maximum Gasteiger partial charge on any atom is 0.338 e. The number of benzene rings is 2. The van der Waals surface area contributed by atoms with Gasteiger partial charge in [0.15, 0.2) is 0 Å². The van der Waals surface area contributed by atoms with Crippen LogP contribution in [0.25, 0.3) is 16.9 Å². The molecule has 0 saturated carbocycles. The summed E-state index contributed by atoms with van der Waals surface area (Å²) < 4.78 is 12.2. The first-order valence-electron chi connectivity index (χ1n) is 12.7. The van der Waals surface area contributed by atoms with Crippen LogP contribution < -0.4 is 11.1 Å². The second kappa shape index (κ2) is 11.4. The molecule has 40 heavy (non-hydrogen) atoms. The molecule has 0 bridgehead atoms. The maximum atomic E-state index is 13.1. The highest BCUT2D eigenvalue weighted by Crippen LogP contribution is 2.25. The first-order chi connectivity index (χ1) is 19.0. The van der Waals surface area contributed by atoms with Crippen molar-refractivity contribution < 1.29 is 23.9 Å². The number of carbonyl (C=O) groups is 3. The highest BCUT2D eigenvalue weighted by Gasteiger charge is 2.23. The number of amidine groups is 1. The molecule has 0 aliphatic rings. The van der Waals surface area contributed by atoms with E-state index < -0.39 is 29.5 Å². The molecule has 1 unspecified atom stereocenters. The van der Waals surface area contributed by atoms with Crippen LogP contribution in [0, 0.1) is 5.41 Å². The van der Waals surface area contributed by atoms with E-state index in [9.17, 15) is 14.4 Å². The summed E-state index contributed by atoms with van der Waals surface area (Å²) >= 11 is 0. The number of esters is 2. The Morgan fingerprint density at radius 1 is 0.975 bits per heavy atom. The van der Waals surface area contributed by atoms with Gasteiger partial charge < -0.3 is 24.9 Å². The van der Waals surface area contributed by atoms with Crippen LogP contribution in [0.5, 0.6) is 0 Å². The number of ether oxygens (including phenoxy) is 2. The SMILES string of the molecule is CCOC(=O)c1ccc(-c2cn3cccc(C(NC(=O)c4ccc(C(=O)OC(C)(C)C)cc4)C(=N)N)c3n2)cc1. The smallest absolute Gasteiger partial charge is 0.338 e. The number of amides is 1. The molecule has 0 spiro atoms. The molecule has 2 aromatic carbocycles. The molecular formula is C30H31N5O5. The molecule has 0 aliphatic carbocycles. The van der Waals surface area contributed by atoms with Crippen LogP contribution in [-0.2, 0) is 9.47 Å². The number of hydrogen-bond donors (Lipinski definition) is 3. The molecule has 1 amide bonds. The van der Waals surface area contributed by atoms with Gasteiger partial charge >= 0.3 is 11.9 Å². The Balaban J connectivity index is 1.58. The molecule has 4 rings (SSSR count). The summed E-state index contributed by atoms with van der Waals surface area (Å²) in [5.74, 6) is -1.63. The number of imidazole rings is 1. The summed E-state index contributed by atoms with van der Waals surface area (Å²) in [4.78, 5) is 42.1. The minimum atomic E-state index is -0.955. The molecule has 2 aromatic heterocycles. The van der Waals surface area contributed by atoms with Crippen molar-refractivity contribution in [2.24, 2.45) is 5.73 Å². The number of nitrogens with one attached hydrogen (secondary N) is 2. The van der Waals surface area contributed by atoms with Crippen molar-refractivity contribution in [3.8, 4) is 11.3 Å². The normalized spacial score (nSPS) is 12.0. The van der Waals surface area contributed by atoms with E-state index >= 15 is 0 Å². The number of nitrogens with zero attached hydrogens (tertiary/aromatic N) is 2. The Morgan fingerprint density at radius 3 is 2.17 bits per heavy atom. The maximum absolute atomic E-state index is 13.1. The summed E-state index contributed by atoms with van der Waals surface area (Å²) in [7, 11) is 0. The van der Waals surface area contributed by atoms with Crippen LogP contribution >= 0.6 is 0 Å². The summed E-state index contributed by atoms with van der Waals surface area (Å²) in [6, 6.07) is 15.5. The molecular weight excluding hydrogens is 510 g/mol. The second-order valence-electron chi connectivity index (χ2n) is 10.1. The van der Waals surface area contributed by atoms with Gasteiger partial charge in [-0.3, -0.25) is 10.2 Å². The van der Waals surface area contributed by atoms with Gasteiger partial charge in [0.1, 0.15) is 23.1 Å². The lowest BCUT2D eigenvalue weighted by Crippen LogP contribution is -2.37. The van der Waals surface area contributed by atoms with E-state index in [2.05, 4.69) is 5.32 Å². The van der Waals surface area contributed by atoms with Crippen molar-refractivity contribution in [3.05, 3.63) is 95.3 Å². The monoisotopic (exact) mass is 541 g/mol. The molecule has 206 valence electrons. The number of carbonyl (C=O) groups excluding carboxylic acids is 3. The third kappa shape index (κ3) is 6.35. The van der Waals surface area contributed by atoms with Crippen molar-refractivity contribution in [2.75, 3.05) is 6.61 Å². The molecule has 10 heteroatoms. The van der Waals surface area contributed by atoms with E-state index in [0.29, 0.717) is 34.6 Å². The van der Waals surface area contributed by atoms with Gasteiger partial charge in [-0.2, -0.15) is 0 Å². The number of hydrogen-bond acceptors (Lipinski definition) is 7. The van der Waals surface area contributed by atoms with Crippen molar-refractivity contribution in [2.45, 2.75) is 39.3 Å². The topological polar surface area (TPSA) is 149 Å². The van der Waals surface area contributed by atoms with Crippen molar-refractivity contribution in [1.82, 2.24) is 14.7 Å². The van der Waals surface area contributed by atoms with Gasteiger partial charge in [-0.25, -0.2) is 14.6 Å². The molecule has 0 saturated heterocycles. The molecule has 4 aromatic rings. The van der Waals surface area contributed by atoms with E-state index in [4.69, 9.17) is 25.6 Å². The zero-order valence-electron chi connectivity index (χ0n) is 22.7. The average Bonchev–Trinajstić information content (AvgIpc) is 3.35. The minimum absolute atomic E-state index is 0.268. The lowest BCUT2D eigenvalue weighted by molar-refractivity contribution is 0.00690. The number of rotatable bonds is 8. The van der Waals surface area contributed by atoms with Crippen molar-refractivity contribution in [3.63, 3.8) is 0 Å². The van der Waals surface area contributed by atoms with Gasteiger partial charge in [-0.05, 0) is 70.2 Å². The first kappa shape index (κ1) is 28.0. The van der Waals surface area contributed by atoms with Gasteiger partial charge in [0.2, 0.25) is 0 Å². The highest BCUT2D eigenvalue weighted by atomic mass is 16.6. The summed E-state index contributed by atoms with van der Waals surface area (Å²) in [6.45, 7) is 7.38. The molecule has 2 heterocycles.